The maximum absolute atomic E-state index is 11.7. The molecule has 0 saturated heterocycles. The molecule has 1 aromatic rings. The van der Waals surface area contributed by atoms with Crippen LogP contribution in [-0.4, -0.2) is 12.6 Å². The van der Waals surface area contributed by atoms with Gasteiger partial charge in [-0.2, -0.15) is 0 Å². The van der Waals surface area contributed by atoms with E-state index >= 15 is 0 Å². The first-order valence-corrected chi connectivity index (χ1v) is 10.3. The molecule has 2 atom stereocenters. The van der Waals surface area contributed by atoms with Crippen LogP contribution >= 0.6 is 0 Å². The highest BCUT2D eigenvalue weighted by Crippen LogP contribution is 2.46. The van der Waals surface area contributed by atoms with Gasteiger partial charge >= 0.3 is 5.97 Å². The van der Waals surface area contributed by atoms with E-state index in [-0.39, 0.29) is 22.7 Å². The molecule has 2 heteroatoms. The van der Waals surface area contributed by atoms with Crippen molar-refractivity contribution in [3.05, 3.63) is 53.1 Å². The second-order valence-electron chi connectivity index (χ2n) is 9.52. The van der Waals surface area contributed by atoms with Crippen molar-refractivity contribution < 1.29 is 9.53 Å². The van der Waals surface area contributed by atoms with Crippen LogP contribution in [0.1, 0.15) is 77.5 Å². The zero-order chi connectivity index (χ0) is 19.8. The lowest BCUT2D eigenvalue weighted by atomic mass is 9.63. The Morgan fingerprint density at radius 2 is 1.81 bits per heavy atom. The Labute approximate surface area is 164 Å². The molecule has 1 fully saturated rings. The zero-order valence-corrected chi connectivity index (χ0v) is 17.8. The monoisotopic (exact) mass is 366 g/mol. The lowest BCUT2D eigenvalue weighted by molar-refractivity contribution is -0.144. The maximum Gasteiger partial charge on any atom is 0.309 e. The number of ether oxygens (including phenoxy) is 1. The van der Waals surface area contributed by atoms with E-state index in [1.165, 1.54) is 35.1 Å². The van der Waals surface area contributed by atoms with E-state index in [1.807, 2.05) is 6.92 Å². The Kier molecular flexibility index (Phi) is 5.38. The molecule has 1 saturated carbocycles. The van der Waals surface area contributed by atoms with Gasteiger partial charge in [0, 0.05) is 0 Å². The van der Waals surface area contributed by atoms with Crippen molar-refractivity contribution in [2.45, 2.75) is 71.6 Å². The number of allylic oxidation sites excluding steroid dienone is 4. The molecule has 0 amide bonds. The number of carbonyl (C=O) groups excluding carboxylic acids is 1. The molecule has 0 heterocycles. The molecule has 3 rings (SSSR count). The molecule has 2 aliphatic rings. The summed E-state index contributed by atoms with van der Waals surface area (Å²) >= 11 is 0. The highest BCUT2D eigenvalue weighted by atomic mass is 16.5. The Balaban J connectivity index is 1.74. The largest absolute Gasteiger partial charge is 0.466 e. The highest BCUT2D eigenvalue weighted by molar-refractivity contribution is 5.76. The van der Waals surface area contributed by atoms with Gasteiger partial charge in [0.15, 0.2) is 0 Å². The van der Waals surface area contributed by atoms with Crippen LogP contribution in [0.3, 0.4) is 0 Å². The van der Waals surface area contributed by atoms with Gasteiger partial charge in [0.2, 0.25) is 0 Å². The normalized spacial score (nSPS) is 25.9. The topological polar surface area (TPSA) is 26.3 Å². The van der Waals surface area contributed by atoms with Gasteiger partial charge in [0.1, 0.15) is 0 Å². The van der Waals surface area contributed by atoms with Crippen LogP contribution < -0.4 is 0 Å². The predicted octanol–water partition coefficient (Wildman–Crippen LogP) is 6.19. The van der Waals surface area contributed by atoms with E-state index in [0.717, 1.165) is 6.42 Å². The van der Waals surface area contributed by atoms with Crippen molar-refractivity contribution in [1.29, 1.82) is 0 Å². The number of fused-ring (bicyclic) bond motifs is 1. The van der Waals surface area contributed by atoms with Crippen LogP contribution in [0.5, 0.6) is 0 Å². The molecule has 0 aliphatic heterocycles. The van der Waals surface area contributed by atoms with E-state index in [4.69, 9.17) is 4.74 Å². The van der Waals surface area contributed by atoms with E-state index in [9.17, 15) is 4.79 Å². The molecule has 0 radical (unpaired) electrons. The number of carbonyl (C=O) groups is 1. The zero-order valence-electron chi connectivity index (χ0n) is 17.8. The molecular formula is C25H34O2. The third-order valence-corrected chi connectivity index (χ3v) is 6.44. The Hall–Kier alpha value is -1.83. The van der Waals surface area contributed by atoms with Gasteiger partial charge < -0.3 is 4.74 Å². The summed E-state index contributed by atoms with van der Waals surface area (Å²) in [6, 6.07) is 7.00. The predicted molar refractivity (Wildman–Crippen MR) is 113 cm³/mol. The number of hydrogen-bond acceptors (Lipinski definition) is 2. The molecule has 27 heavy (non-hydrogen) atoms. The van der Waals surface area contributed by atoms with Crippen molar-refractivity contribution >= 4 is 11.5 Å². The molecule has 2 aliphatic carbocycles. The van der Waals surface area contributed by atoms with Crippen LogP contribution in [0, 0.1) is 11.8 Å². The minimum absolute atomic E-state index is 0.0487. The number of hydrogen-bond donors (Lipinski definition) is 0. The molecule has 146 valence electrons. The Bertz CT molecular complexity index is 780. The van der Waals surface area contributed by atoms with E-state index in [1.54, 1.807) is 0 Å². The van der Waals surface area contributed by atoms with E-state index in [2.05, 4.69) is 71.0 Å². The van der Waals surface area contributed by atoms with Gasteiger partial charge in [0.05, 0.1) is 12.5 Å². The lowest BCUT2D eigenvalue weighted by Gasteiger charge is -2.42. The lowest BCUT2D eigenvalue weighted by Crippen LogP contribution is -2.33. The van der Waals surface area contributed by atoms with Crippen molar-refractivity contribution in [3.63, 3.8) is 0 Å². The maximum atomic E-state index is 11.7. The average Bonchev–Trinajstić information content (AvgIpc) is 3.39. The van der Waals surface area contributed by atoms with Gasteiger partial charge in [-0.3, -0.25) is 4.79 Å². The minimum atomic E-state index is -0.0487. The summed E-state index contributed by atoms with van der Waals surface area (Å²) in [5.41, 5.74) is 6.05. The van der Waals surface area contributed by atoms with E-state index < -0.39 is 0 Å². The van der Waals surface area contributed by atoms with Crippen LogP contribution in [0.4, 0.5) is 0 Å². The Morgan fingerprint density at radius 3 is 2.48 bits per heavy atom. The summed E-state index contributed by atoms with van der Waals surface area (Å²) in [6.07, 6.45) is 9.82. The van der Waals surface area contributed by atoms with Crippen molar-refractivity contribution in [1.82, 2.24) is 0 Å². The van der Waals surface area contributed by atoms with Crippen LogP contribution in [0.25, 0.3) is 5.57 Å². The molecule has 0 aromatic heterocycles. The van der Waals surface area contributed by atoms with Gasteiger partial charge in [-0.1, -0.05) is 64.1 Å². The van der Waals surface area contributed by atoms with Gasteiger partial charge in [-0.05, 0) is 72.1 Å². The summed E-state index contributed by atoms with van der Waals surface area (Å²) in [6.45, 7) is 14.0. The van der Waals surface area contributed by atoms with Crippen LogP contribution in [0.15, 0.2) is 36.4 Å². The molecule has 0 unspecified atom stereocenters. The Morgan fingerprint density at radius 1 is 1.15 bits per heavy atom. The summed E-state index contributed by atoms with van der Waals surface area (Å²) < 4.78 is 5.09. The smallest absolute Gasteiger partial charge is 0.309 e. The highest BCUT2D eigenvalue weighted by Gasteiger charge is 2.42. The van der Waals surface area contributed by atoms with Crippen LogP contribution in [-0.2, 0) is 20.4 Å². The second-order valence-corrected chi connectivity index (χ2v) is 9.52. The fraction of sp³-hybridized carbons (Fsp3) is 0.560. The summed E-state index contributed by atoms with van der Waals surface area (Å²) in [4.78, 5) is 11.7. The second kappa shape index (κ2) is 7.30. The average molecular weight is 367 g/mol. The fourth-order valence-electron chi connectivity index (χ4n) is 4.22. The minimum Gasteiger partial charge on any atom is -0.466 e. The molecular weight excluding hydrogens is 332 g/mol. The first-order valence-electron chi connectivity index (χ1n) is 10.3. The third kappa shape index (κ3) is 4.20. The number of rotatable bonds is 5. The first-order chi connectivity index (χ1) is 12.7. The van der Waals surface area contributed by atoms with Crippen molar-refractivity contribution in [2.75, 3.05) is 6.61 Å². The summed E-state index contributed by atoms with van der Waals surface area (Å²) in [5.74, 6) is 0.366. The van der Waals surface area contributed by atoms with Crippen molar-refractivity contribution in [2.24, 2.45) is 11.8 Å². The van der Waals surface area contributed by atoms with Gasteiger partial charge in [-0.25, -0.2) is 0 Å². The molecule has 0 bridgehead atoms. The van der Waals surface area contributed by atoms with E-state index in [0.29, 0.717) is 12.5 Å². The standard InChI is InChI=1S/C25H34O2/c1-7-27-23(26)20-15-19(20)10-8-9-17(2)18-11-12-21-22(16-18)25(5,6)14-13-24(21,3)4/h8-12,16,19-20H,7,13-15H2,1-6H3/b10-8+,17-9+/t19-,20+/m0/s1. The molecule has 1 aromatic carbocycles. The molecule has 0 spiro atoms. The number of benzene rings is 1. The van der Waals surface area contributed by atoms with Gasteiger partial charge in [0.25, 0.3) is 0 Å². The molecule has 0 N–H and O–H groups in total. The first kappa shape index (κ1) is 19.9. The SMILES string of the molecule is CCOC(=O)[C@@H]1C[C@@H]1/C=C/C=C(\C)c1ccc2c(c1)C(C)(C)CCC2(C)C. The quantitative estimate of drug-likeness (QED) is 0.458. The molecule has 2 nitrogen and oxygen atoms in total. The third-order valence-electron chi connectivity index (χ3n) is 6.44. The number of esters is 1. The van der Waals surface area contributed by atoms with Crippen LogP contribution in [0.2, 0.25) is 0 Å². The van der Waals surface area contributed by atoms with Crippen molar-refractivity contribution in [3.8, 4) is 0 Å². The fourth-order valence-corrected chi connectivity index (χ4v) is 4.22. The summed E-state index contributed by atoms with van der Waals surface area (Å²) in [7, 11) is 0. The summed E-state index contributed by atoms with van der Waals surface area (Å²) in [5, 5.41) is 0. The van der Waals surface area contributed by atoms with Gasteiger partial charge in [-0.15, -0.1) is 0 Å².